The third kappa shape index (κ3) is 3.43. The molecule has 0 fully saturated rings. The van der Waals surface area contributed by atoms with Crippen molar-refractivity contribution in [3.63, 3.8) is 0 Å². The third-order valence-electron chi connectivity index (χ3n) is 3.57. The van der Waals surface area contributed by atoms with Gasteiger partial charge in [0.05, 0.1) is 19.3 Å². The molecule has 0 aliphatic carbocycles. The molecule has 0 bridgehead atoms. The third-order valence-corrected chi connectivity index (χ3v) is 3.57. The van der Waals surface area contributed by atoms with Crippen LogP contribution in [0.15, 0.2) is 42.5 Å². The van der Waals surface area contributed by atoms with Crippen LogP contribution in [0.1, 0.15) is 21.5 Å². The first-order valence-corrected chi connectivity index (χ1v) is 6.97. The van der Waals surface area contributed by atoms with E-state index in [9.17, 15) is 4.79 Å². The standard InChI is InChI=1S/C18H21NO2/c1-13-9-10-14(2)15(11-13)17(20)12-19(3)16-7-5-6-8-18(16)21-4/h5-11H,12H2,1-4H3. The van der Waals surface area contributed by atoms with Crippen LogP contribution in [0.5, 0.6) is 5.75 Å². The zero-order valence-corrected chi connectivity index (χ0v) is 13.0. The lowest BCUT2D eigenvalue weighted by atomic mass is 10.0. The Bertz CT molecular complexity index is 649. The molecule has 3 nitrogen and oxygen atoms in total. The lowest BCUT2D eigenvalue weighted by molar-refractivity contribution is 0.0999. The van der Waals surface area contributed by atoms with Gasteiger partial charge in [0.1, 0.15) is 5.75 Å². The summed E-state index contributed by atoms with van der Waals surface area (Å²) in [5.74, 6) is 0.887. The molecule has 0 unspecified atom stereocenters. The minimum absolute atomic E-state index is 0.115. The Labute approximate surface area is 126 Å². The average molecular weight is 283 g/mol. The van der Waals surface area contributed by atoms with Gasteiger partial charge in [-0.3, -0.25) is 4.79 Å². The molecular weight excluding hydrogens is 262 g/mol. The number of carbonyl (C=O) groups excluding carboxylic acids is 1. The van der Waals surface area contributed by atoms with E-state index in [1.165, 1.54) is 0 Å². The Morgan fingerprint density at radius 2 is 1.86 bits per heavy atom. The maximum atomic E-state index is 12.5. The Morgan fingerprint density at radius 3 is 2.57 bits per heavy atom. The summed E-state index contributed by atoms with van der Waals surface area (Å²) >= 11 is 0. The second kappa shape index (κ2) is 6.44. The fourth-order valence-corrected chi connectivity index (χ4v) is 2.37. The highest BCUT2D eigenvalue weighted by Crippen LogP contribution is 2.26. The Morgan fingerprint density at radius 1 is 1.14 bits per heavy atom. The topological polar surface area (TPSA) is 29.5 Å². The highest BCUT2D eigenvalue weighted by molar-refractivity contribution is 6.00. The molecule has 0 aliphatic rings. The van der Waals surface area contributed by atoms with Crippen molar-refractivity contribution in [2.75, 3.05) is 25.6 Å². The van der Waals surface area contributed by atoms with Crippen molar-refractivity contribution in [2.45, 2.75) is 13.8 Å². The summed E-state index contributed by atoms with van der Waals surface area (Å²) in [6.07, 6.45) is 0. The number of nitrogens with zero attached hydrogens (tertiary/aromatic N) is 1. The molecule has 2 rings (SSSR count). The molecule has 110 valence electrons. The molecule has 0 aromatic heterocycles. The van der Waals surface area contributed by atoms with Gasteiger partial charge in [-0.05, 0) is 37.6 Å². The first-order valence-electron chi connectivity index (χ1n) is 6.97. The molecule has 0 atom stereocenters. The lowest BCUT2D eigenvalue weighted by Gasteiger charge is -2.21. The Balaban J connectivity index is 2.21. The molecule has 0 heterocycles. The molecule has 0 saturated carbocycles. The van der Waals surface area contributed by atoms with E-state index in [4.69, 9.17) is 4.74 Å². The summed E-state index contributed by atoms with van der Waals surface area (Å²) in [7, 11) is 3.54. The number of para-hydroxylation sites is 2. The first-order chi connectivity index (χ1) is 10.0. The summed E-state index contributed by atoms with van der Waals surface area (Å²) in [5.41, 5.74) is 3.82. The van der Waals surface area contributed by atoms with Crippen molar-refractivity contribution in [1.82, 2.24) is 0 Å². The minimum Gasteiger partial charge on any atom is -0.495 e. The molecule has 0 amide bonds. The molecule has 0 N–H and O–H groups in total. The van der Waals surface area contributed by atoms with Gasteiger partial charge in [0.15, 0.2) is 5.78 Å². The Kier molecular flexibility index (Phi) is 4.63. The van der Waals surface area contributed by atoms with E-state index >= 15 is 0 Å². The normalized spacial score (nSPS) is 10.3. The van der Waals surface area contributed by atoms with Crippen LogP contribution in [0, 0.1) is 13.8 Å². The largest absolute Gasteiger partial charge is 0.495 e. The zero-order chi connectivity index (χ0) is 15.4. The van der Waals surface area contributed by atoms with Crippen LogP contribution in [-0.2, 0) is 0 Å². The highest BCUT2D eigenvalue weighted by Gasteiger charge is 2.14. The van der Waals surface area contributed by atoms with Crippen LogP contribution in [0.2, 0.25) is 0 Å². The molecule has 3 heteroatoms. The van der Waals surface area contributed by atoms with Gasteiger partial charge < -0.3 is 9.64 Å². The van der Waals surface area contributed by atoms with Crippen molar-refractivity contribution >= 4 is 11.5 Å². The Hall–Kier alpha value is -2.29. The quantitative estimate of drug-likeness (QED) is 0.785. The lowest BCUT2D eigenvalue weighted by Crippen LogP contribution is -2.26. The van der Waals surface area contributed by atoms with E-state index in [2.05, 4.69) is 0 Å². The number of ketones is 1. The van der Waals surface area contributed by atoms with Gasteiger partial charge in [0, 0.05) is 12.6 Å². The van der Waals surface area contributed by atoms with E-state index in [1.54, 1.807) is 7.11 Å². The number of benzene rings is 2. The second-order valence-electron chi connectivity index (χ2n) is 5.27. The summed E-state index contributed by atoms with van der Waals surface area (Å²) in [5, 5.41) is 0. The van der Waals surface area contributed by atoms with E-state index in [0.29, 0.717) is 6.54 Å². The number of rotatable bonds is 5. The molecular formula is C18H21NO2. The van der Waals surface area contributed by atoms with Gasteiger partial charge in [-0.15, -0.1) is 0 Å². The van der Waals surface area contributed by atoms with Gasteiger partial charge in [-0.25, -0.2) is 0 Å². The number of carbonyl (C=O) groups is 1. The van der Waals surface area contributed by atoms with E-state index < -0.39 is 0 Å². The molecule has 2 aromatic rings. The van der Waals surface area contributed by atoms with Crippen LogP contribution >= 0.6 is 0 Å². The second-order valence-corrected chi connectivity index (χ2v) is 5.27. The number of Topliss-reactive ketones (excluding diaryl/α,β-unsaturated/α-hetero) is 1. The molecule has 0 spiro atoms. The van der Waals surface area contributed by atoms with E-state index in [1.807, 2.05) is 68.3 Å². The summed E-state index contributed by atoms with van der Waals surface area (Å²) in [6, 6.07) is 13.7. The summed E-state index contributed by atoms with van der Waals surface area (Å²) in [4.78, 5) is 14.4. The number of hydrogen-bond acceptors (Lipinski definition) is 3. The predicted molar refractivity (Wildman–Crippen MR) is 86.5 cm³/mol. The van der Waals surface area contributed by atoms with Crippen molar-refractivity contribution < 1.29 is 9.53 Å². The van der Waals surface area contributed by atoms with E-state index in [-0.39, 0.29) is 5.78 Å². The predicted octanol–water partition coefficient (Wildman–Crippen LogP) is 3.63. The fourth-order valence-electron chi connectivity index (χ4n) is 2.37. The van der Waals surface area contributed by atoms with Crippen LogP contribution in [0.25, 0.3) is 0 Å². The summed E-state index contributed by atoms with van der Waals surface area (Å²) < 4.78 is 5.34. The zero-order valence-electron chi connectivity index (χ0n) is 13.0. The van der Waals surface area contributed by atoms with Gasteiger partial charge in [0.25, 0.3) is 0 Å². The van der Waals surface area contributed by atoms with Gasteiger partial charge in [-0.1, -0.05) is 29.8 Å². The smallest absolute Gasteiger partial charge is 0.182 e. The number of likely N-dealkylation sites (N-methyl/N-ethyl adjacent to an activating group) is 1. The monoisotopic (exact) mass is 283 g/mol. The first kappa shape index (κ1) is 15.1. The number of methoxy groups -OCH3 is 1. The van der Waals surface area contributed by atoms with Crippen LogP contribution < -0.4 is 9.64 Å². The van der Waals surface area contributed by atoms with Crippen LogP contribution in [-0.4, -0.2) is 26.5 Å². The molecule has 0 aliphatic heterocycles. The van der Waals surface area contributed by atoms with Crippen molar-refractivity contribution in [2.24, 2.45) is 0 Å². The van der Waals surface area contributed by atoms with Crippen LogP contribution in [0.3, 0.4) is 0 Å². The van der Waals surface area contributed by atoms with Gasteiger partial charge >= 0.3 is 0 Å². The number of ether oxygens (including phenoxy) is 1. The van der Waals surface area contributed by atoms with E-state index in [0.717, 1.165) is 28.1 Å². The fraction of sp³-hybridized carbons (Fsp3) is 0.278. The highest BCUT2D eigenvalue weighted by atomic mass is 16.5. The van der Waals surface area contributed by atoms with Gasteiger partial charge in [0.2, 0.25) is 0 Å². The molecule has 0 saturated heterocycles. The van der Waals surface area contributed by atoms with Crippen LogP contribution in [0.4, 0.5) is 5.69 Å². The number of anilines is 1. The maximum Gasteiger partial charge on any atom is 0.182 e. The van der Waals surface area contributed by atoms with Gasteiger partial charge in [-0.2, -0.15) is 0 Å². The number of aryl methyl sites for hydroxylation is 2. The van der Waals surface area contributed by atoms with Crippen molar-refractivity contribution in [3.05, 3.63) is 59.2 Å². The molecule has 21 heavy (non-hydrogen) atoms. The SMILES string of the molecule is COc1ccccc1N(C)CC(=O)c1cc(C)ccc1C. The average Bonchev–Trinajstić information content (AvgIpc) is 2.49. The van der Waals surface area contributed by atoms with Crippen molar-refractivity contribution in [1.29, 1.82) is 0 Å². The molecule has 0 radical (unpaired) electrons. The van der Waals surface area contributed by atoms with Crippen molar-refractivity contribution in [3.8, 4) is 5.75 Å². The maximum absolute atomic E-state index is 12.5. The molecule has 2 aromatic carbocycles. The minimum atomic E-state index is 0.115. The number of hydrogen-bond donors (Lipinski definition) is 0. The summed E-state index contributed by atoms with van der Waals surface area (Å²) in [6.45, 7) is 4.29.